The van der Waals surface area contributed by atoms with Crippen molar-refractivity contribution in [3.8, 4) is 11.8 Å². The van der Waals surface area contributed by atoms with E-state index in [1.54, 1.807) is 13.8 Å². The van der Waals surface area contributed by atoms with Crippen molar-refractivity contribution in [1.82, 2.24) is 0 Å². The van der Waals surface area contributed by atoms with Gasteiger partial charge in [-0.15, -0.1) is 11.6 Å². The molecule has 0 saturated heterocycles. The fourth-order valence-corrected chi connectivity index (χ4v) is 3.66. The molecule has 0 aromatic carbocycles. The Morgan fingerprint density at radius 1 is 1.29 bits per heavy atom. The maximum atomic E-state index is 11.8. The first-order chi connectivity index (χ1) is 6.68. The molecule has 0 unspecified atom stereocenters. The van der Waals surface area contributed by atoms with Crippen molar-refractivity contribution in [3.05, 3.63) is 0 Å². The lowest BCUT2D eigenvalue weighted by Crippen LogP contribution is -1.92. The van der Waals surface area contributed by atoms with Crippen LogP contribution in [-0.2, 0) is 13.6 Å². The van der Waals surface area contributed by atoms with E-state index in [-0.39, 0.29) is 5.88 Å². The summed E-state index contributed by atoms with van der Waals surface area (Å²) in [4.78, 5) is 0. The van der Waals surface area contributed by atoms with Crippen LogP contribution in [0.15, 0.2) is 0 Å². The highest BCUT2D eigenvalue weighted by Crippen LogP contribution is 2.60. The molecule has 0 aliphatic carbocycles. The second-order valence-electron chi connectivity index (χ2n) is 2.04. The van der Waals surface area contributed by atoms with Crippen LogP contribution in [0.3, 0.4) is 0 Å². The number of hydrogen-bond donors (Lipinski definition) is 0. The van der Waals surface area contributed by atoms with Crippen molar-refractivity contribution >= 4 is 29.8 Å². The van der Waals surface area contributed by atoms with Gasteiger partial charge in [0, 0.05) is 0 Å². The Kier molecular flexibility index (Phi) is 8.86. The van der Waals surface area contributed by atoms with Crippen LogP contribution in [0, 0.1) is 11.8 Å². The molecule has 82 valence electrons. The van der Waals surface area contributed by atoms with Gasteiger partial charge in [0.25, 0.3) is 0 Å². The van der Waals surface area contributed by atoms with Gasteiger partial charge in [-0.2, -0.15) is 0 Å². The molecule has 0 N–H and O–H groups in total. The number of rotatable bonds is 6. The van der Waals surface area contributed by atoms with E-state index in [9.17, 15) is 4.57 Å². The zero-order valence-corrected chi connectivity index (χ0v) is 10.8. The van der Waals surface area contributed by atoms with Crippen LogP contribution in [0.2, 0.25) is 0 Å². The monoisotopic (exact) mass is 256 g/mol. The van der Waals surface area contributed by atoms with Crippen molar-refractivity contribution in [1.29, 1.82) is 0 Å². The molecule has 6 heteroatoms. The van der Waals surface area contributed by atoms with Crippen LogP contribution in [-0.4, -0.2) is 24.8 Å². The van der Waals surface area contributed by atoms with E-state index >= 15 is 0 Å². The predicted octanol–water partition coefficient (Wildman–Crippen LogP) is 3.14. The quantitative estimate of drug-likeness (QED) is 0.416. The van der Waals surface area contributed by atoms with E-state index in [4.69, 9.17) is 20.6 Å². The normalized spacial score (nSPS) is 10.8. The topological polar surface area (TPSA) is 35.5 Å². The third kappa shape index (κ3) is 6.75. The molecule has 0 radical (unpaired) electrons. The van der Waals surface area contributed by atoms with Crippen molar-refractivity contribution in [3.63, 3.8) is 0 Å². The number of halogens is 1. The zero-order chi connectivity index (χ0) is 10.9. The van der Waals surface area contributed by atoms with Gasteiger partial charge in [-0.1, -0.05) is 11.8 Å². The summed E-state index contributed by atoms with van der Waals surface area (Å²) in [7, 11) is 0. The van der Waals surface area contributed by atoms with Gasteiger partial charge in [0.15, 0.2) is 0 Å². The summed E-state index contributed by atoms with van der Waals surface area (Å²) in [5.74, 6) is 6.12. The molecule has 0 aliphatic heterocycles. The Bertz CT molecular complexity index is 239. The first-order valence-electron chi connectivity index (χ1n) is 4.23. The molecular weight excluding hydrogens is 243 g/mol. The van der Waals surface area contributed by atoms with Crippen LogP contribution in [0.1, 0.15) is 13.8 Å². The molecule has 0 aromatic heterocycles. The number of hydrogen-bond acceptors (Lipinski definition) is 4. The SMILES string of the molecule is CCOP(=O)(OCC)SCC#CCCl. The second kappa shape index (κ2) is 8.64. The van der Waals surface area contributed by atoms with Crippen molar-refractivity contribution in [2.24, 2.45) is 0 Å². The van der Waals surface area contributed by atoms with Crippen LogP contribution in [0.25, 0.3) is 0 Å². The summed E-state index contributed by atoms with van der Waals surface area (Å²) in [6.07, 6.45) is 0. The molecule has 0 spiro atoms. The van der Waals surface area contributed by atoms with E-state index in [1.807, 2.05) is 0 Å². The van der Waals surface area contributed by atoms with Crippen LogP contribution >= 0.6 is 29.8 Å². The molecular formula is C8H14ClO3PS. The Balaban J connectivity index is 4.02. The molecule has 3 nitrogen and oxygen atoms in total. The molecule has 0 amide bonds. The summed E-state index contributed by atoms with van der Waals surface area (Å²) in [5.41, 5.74) is 0. The number of alkyl halides is 1. The van der Waals surface area contributed by atoms with E-state index < -0.39 is 6.80 Å². The Labute approximate surface area is 94.2 Å². The highest BCUT2D eigenvalue weighted by Gasteiger charge is 2.23. The van der Waals surface area contributed by atoms with Gasteiger partial charge in [-0.25, -0.2) is 4.57 Å². The maximum absolute atomic E-state index is 11.8. The minimum absolute atomic E-state index is 0.286. The molecule has 0 saturated carbocycles. The van der Waals surface area contributed by atoms with Gasteiger partial charge in [0.1, 0.15) is 0 Å². The lowest BCUT2D eigenvalue weighted by molar-refractivity contribution is 0.237. The fourth-order valence-electron chi connectivity index (χ4n) is 0.638. The average molecular weight is 257 g/mol. The summed E-state index contributed by atoms with van der Waals surface area (Å²) >= 11 is 6.45. The first kappa shape index (κ1) is 14.3. The van der Waals surface area contributed by atoms with E-state index in [1.165, 1.54) is 0 Å². The summed E-state index contributed by atoms with van der Waals surface area (Å²) in [6.45, 7) is 1.30. The molecule has 0 aliphatic rings. The summed E-state index contributed by atoms with van der Waals surface area (Å²) in [6, 6.07) is 0. The molecule has 14 heavy (non-hydrogen) atoms. The Morgan fingerprint density at radius 3 is 2.29 bits per heavy atom. The maximum Gasteiger partial charge on any atom is 0.390 e. The summed E-state index contributed by atoms with van der Waals surface area (Å²) in [5, 5.41) is 0. The van der Waals surface area contributed by atoms with E-state index in [0.717, 1.165) is 11.4 Å². The fraction of sp³-hybridized carbons (Fsp3) is 0.750. The first-order valence-corrected chi connectivity index (χ1v) is 7.90. The standard InChI is InChI=1S/C8H14ClO3PS/c1-3-11-13(10,12-4-2)14-8-6-5-7-9/h3-4,7-8H2,1-2H3. The van der Waals surface area contributed by atoms with Gasteiger partial charge >= 0.3 is 6.80 Å². The zero-order valence-electron chi connectivity index (χ0n) is 8.29. The Hall–Kier alpha value is 0.350. The van der Waals surface area contributed by atoms with Crippen molar-refractivity contribution in [2.75, 3.05) is 24.8 Å². The van der Waals surface area contributed by atoms with Crippen molar-refractivity contribution in [2.45, 2.75) is 13.8 Å². The largest absolute Gasteiger partial charge is 0.390 e. The third-order valence-electron chi connectivity index (χ3n) is 1.06. The highest BCUT2D eigenvalue weighted by atomic mass is 35.5. The lowest BCUT2D eigenvalue weighted by atomic mass is 10.7. The Morgan fingerprint density at radius 2 is 1.86 bits per heavy atom. The van der Waals surface area contributed by atoms with Gasteiger partial charge in [-0.05, 0) is 25.2 Å². The van der Waals surface area contributed by atoms with Crippen LogP contribution < -0.4 is 0 Å². The van der Waals surface area contributed by atoms with Gasteiger partial charge in [0.2, 0.25) is 0 Å². The minimum Gasteiger partial charge on any atom is -0.301 e. The average Bonchev–Trinajstić information content (AvgIpc) is 2.13. The smallest absolute Gasteiger partial charge is 0.301 e. The predicted molar refractivity (Wildman–Crippen MR) is 61.8 cm³/mol. The lowest BCUT2D eigenvalue weighted by Gasteiger charge is -2.14. The molecule has 0 heterocycles. The van der Waals surface area contributed by atoms with Gasteiger partial charge < -0.3 is 9.05 Å². The van der Waals surface area contributed by atoms with Crippen LogP contribution in [0.5, 0.6) is 0 Å². The third-order valence-corrected chi connectivity index (χ3v) is 4.90. The highest BCUT2D eigenvalue weighted by molar-refractivity contribution is 8.55. The van der Waals surface area contributed by atoms with E-state index in [2.05, 4.69) is 11.8 Å². The molecule has 0 aromatic rings. The van der Waals surface area contributed by atoms with Crippen molar-refractivity contribution < 1.29 is 13.6 Å². The second-order valence-corrected chi connectivity index (χ2v) is 6.38. The van der Waals surface area contributed by atoms with E-state index in [0.29, 0.717) is 19.0 Å². The molecule has 0 fully saturated rings. The molecule has 0 rings (SSSR count). The van der Waals surface area contributed by atoms with Gasteiger partial charge in [0.05, 0.1) is 24.8 Å². The summed E-state index contributed by atoms with van der Waals surface area (Å²) < 4.78 is 21.9. The molecule has 0 bridgehead atoms. The molecule has 0 atom stereocenters. The minimum atomic E-state index is -2.99. The van der Waals surface area contributed by atoms with Crippen LogP contribution in [0.4, 0.5) is 0 Å². The van der Waals surface area contributed by atoms with Gasteiger partial charge in [-0.3, -0.25) is 0 Å².